The van der Waals surface area contributed by atoms with E-state index in [9.17, 15) is 8.42 Å². The van der Waals surface area contributed by atoms with Gasteiger partial charge in [0.25, 0.3) is 0 Å². The summed E-state index contributed by atoms with van der Waals surface area (Å²) < 4.78 is 27.7. The molecule has 3 heterocycles. The van der Waals surface area contributed by atoms with Gasteiger partial charge in [-0.15, -0.1) is 0 Å². The average molecular weight is 308 g/mol. The SMILES string of the molecule is Cc1cc2cnc(C)n2c([C@H]2CCCCN2S(C)(=O)=O)n1. The highest BCUT2D eigenvalue weighted by molar-refractivity contribution is 7.88. The van der Waals surface area contributed by atoms with E-state index in [2.05, 4.69) is 9.97 Å². The molecule has 0 N–H and O–H groups in total. The highest BCUT2D eigenvalue weighted by Gasteiger charge is 2.33. The van der Waals surface area contributed by atoms with Crippen LogP contribution in [0.2, 0.25) is 0 Å². The van der Waals surface area contributed by atoms with Crippen LogP contribution in [0, 0.1) is 13.8 Å². The van der Waals surface area contributed by atoms with Crippen LogP contribution in [-0.2, 0) is 10.0 Å². The van der Waals surface area contributed by atoms with Crippen molar-refractivity contribution >= 4 is 15.5 Å². The average Bonchev–Trinajstić information content (AvgIpc) is 2.78. The van der Waals surface area contributed by atoms with Crippen molar-refractivity contribution in [2.24, 2.45) is 0 Å². The maximum Gasteiger partial charge on any atom is 0.211 e. The maximum atomic E-state index is 12.1. The third kappa shape index (κ3) is 2.55. The van der Waals surface area contributed by atoms with Crippen molar-refractivity contribution in [1.82, 2.24) is 18.7 Å². The van der Waals surface area contributed by atoms with Crippen molar-refractivity contribution in [3.05, 3.63) is 29.6 Å². The summed E-state index contributed by atoms with van der Waals surface area (Å²) in [6.45, 7) is 4.41. The summed E-state index contributed by atoms with van der Waals surface area (Å²) in [4.78, 5) is 8.97. The monoisotopic (exact) mass is 308 g/mol. The van der Waals surface area contributed by atoms with E-state index >= 15 is 0 Å². The van der Waals surface area contributed by atoms with E-state index in [-0.39, 0.29) is 6.04 Å². The van der Waals surface area contributed by atoms with Crippen LogP contribution < -0.4 is 0 Å². The van der Waals surface area contributed by atoms with E-state index in [4.69, 9.17) is 0 Å². The van der Waals surface area contributed by atoms with Crippen molar-refractivity contribution in [3.63, 3.8) is 0 Å². The first kappa shape index (κ1) is 14.5. The largest absolute Gasteiger partial charge is 0.283 e. The number of hydrogen-bond acceptors (Lipinski definition) is 4. The molecule has 3 rings (SSSR count). The fourth-order valence-electron chi connectivity index (χ4n) is 3.12. The smallest absolute Gasteiger partial charge is 0.211 e. The van der Waals surface area contributed by atoms with Gasteiger partial charge in [-0.1, -0.05) is 6.42 Å². The Bertz CT molecular complexity index is 782. The van der Waals surface area contributed by atoms with Crippen molar-refractivity contribution in [1.29, 1.82) is 0 Å². The first-order valence-corrected chi connectivity index (χ1v) is 9.01. The Labute approximate surface area is 124 Å². The van der Waals surface area contributed by atoms with Gasteiger partial charge in [0, 0.05) is 12.2 Å². The number of nitrogens with zero attached hydrogens (tertiary/aromatic N) is 4. The lowest BCUT2D eigenvalue weighted by Crippen LogP contribution is -2.39. The Morgan fingerprint density at radius 3 is 2.76 bits per heavy atom. The van der Waals surface area contributed by atoms with E-state index in [0.717, 1.165) is 42.1 Å². The van der Waals surface area contributed by atoms with E-state index in [1.807, 2.05) is 24.3 Å². The molecular formula is C14H20N4O2S. The Kier molecular flexibility index (Phi) is 3.49. The molecule has 114 valence electrons. The Hall–Kier alpha value is -1.47. The predicted molar refractivity (Wildman–Crippen MR) is 80.6 cm³/mol. The van der Waals surface area contributed by atoms with Gasteiger partial charge >= 0.3 is 0 Å². The van der Waals surface area contributed by atoms with Gasteiger partial charge in [0.2, 0.25) is 10.0 Å². The molecule has 0 bridgehead atoms. The van der Waals surface area contributed by atoms with Gasteiger partial charge in [0.05, 0.1) is 24.0 Å². The summed E-state index contributed by atoms with van der Waals surface area (Å²) in [7, 11) is -3.24. The molecule has 1 aliphatic heterocycles. The molecule has 0 spiro atoms. The van der Waals surface area contributed by atoms with E-state index in [1.165, 1.54) is 6.26 Å². The number of aromatic nitrogens is 3. The molecule has 0 aromatic carbocycles. The molecule has 7 heteroatoms. The minimum Gasteiger partial charge on any atom is -0.283 e. The zero-order valence-corrected chi connectivity index (χ0v) is 13.4. The summed E-state index contributed by atoms with van der Waals surface area (Å²) in [5.41, 5.74) is 1.85. The van der Waals surface area contributed by atoms with Gasteiger partial charge in [-0.25, -0.2) is 18.4 Å². The van der Waals surface area contributed by atoms with Crippen LogP contribution in [0.4, 0.5) is 0 Å². The first-order valence-electron chi connectivity index (χ1n) is 7.16. The lowest BCUT2D eigenvalue weighted by molar-refractivity contribution is 0.246. The Morgan fingerprint density at radius 1 is 1.29 bits per heavy atom. The predicted octanol–water partition coefficient (Wildman–Crippen LogP) is 1.83. The maximum absolute atomic E-state index is 12.1. The standard InChI is InChI=1S/C14H20N4O2S/c1-10-8-12-9-15-11(2)18(12)14(16-10)13-6-4-5-7-17(13)21(3,19)20/h8-9,13H,4-7H2,1-3H3/t13-/m1/s1. The van der Waals surface area contributed by atoms with Gasteiger partial charge in [-0.3, -0.25) is 4.40 Å². The van der Waals surface area contributed by atoms with Crippen LogP contribution >= 0.6 is 0 Å². The van der Waals surface area contributed by atoms with Gasteiger partial charge in [0.1, 0.15) is 11.6 Å². The number of rotatable bonds is 2. The molecule has 2 aromatic rings. The van der Waals surface area contributed by atoms with Gasteiger partial charge in [0.15, 0.2) is 0 Å². The molecular weight excluding hydrogens is 288 g/mol. The molecule has 21 heavy (non-hydrogen) atoms. The normalized spacial score (nSPS) is 21.0. The van der Waals surface area contributed by atoms with Crippen LogP contribution in [-0.4, -0.2) is 39.9 Å². The van der Waals surface area contributed by atoms with Crippen molar-refractivity contribution < 1.29 is 8.42 Å². The summed E-state index contributed by atoms with van der Waals surface area (Å²) in [5.74, 6) is 1.62. The zero-order valence-electron chi connectivity index (χ0n) is 12.6. The molecule has 1 aliphatic rings. The number of sulfonamides is 1. The lowest BCUT2D eigenvalue weighted by Gasteiger charge is -2.33. The topological polar surface area (TPSA) is 67.6 Å². The second-order valence-electron chi connectivity index (χ2n) is 5.71. The summed E-state index contributed by atoms with van der Waals surface area (Å²) >= 11 is 0. The van der Waals surface area contributed by atoms with Gasteiger partial charge in [-0.2, -0.15) is 4.31 Å². The van der Waals surface area contributed by atoms with Crippen LogP contribution in [0.25, 0.3) is 5.52 Å². The van der Waals surface area contributed by atoms with E-state index in [1.54, 1.807) is 10.5 Å². The first-order chi connectivity index (χ1) is 9.88. The molecule has 0 radical (unpaired) electrons. The molecule has 0 saturated carbocycles. The minimum atomic E-state index is -3.24. The Balaban J connectivity index is 2.20. The second-order valence-corrected chi connectivity index (χ2v) is 7.64. The van der Waals surface area contributed by atoms with Crippen LogP contribution in [0.1, 0.15) is 42.6 Å². The molecule has 1 atom stereocenters. The third-order valence-corrected chi connectivity index (χ3v) is 5.31. The van der Waals surface area contributed by atoms with Gasteiger partial charge in [-0.05, 0) is 32.8 Å². The second kappa shape index (κ2) is 5.06. The molecule has 1 saturated heterocycles. The molecule has 6 nitrogen and oxygen atoms in total. The minimum absolute atomic E-state index is 0.205. The molecule has 1 fully saturated rings. The highest BCUT2D eigenvalue weighted by Crippen LogP contribution is 2.32. The molecule has 0 aliphatic carbocycles. The number of fused-ring (bicyclic) bond motifs is 1. The Morgan fingerprint density at radius 2 is 2.05 bits per heavy atom. The number of hydrogen-bond donors (Lipinski definition) is 0. The molecule has 0 unspecified atom stereocenters. The summed E-state index contributed by atoms with van der Waals surface area (Å²) in [6, 6.07) is 1.76. The quantitative estimate of drug-likeness (QED) is 0.849. The van der Waals surface area contributed by atoms with Gasteiger partial charge < -0.3 is 0 Å². The third-order valence-electron chi connectivity index (χ3n) is 4.02. The van der Waals surface area contributed by atoms with Crippen LogP contribution in [0.15, 0.2) is 12.3 Å². The van der Waals surface area contributed by atoms with Crippen molar-refractivity contribution in [2.75, 3.05) is 12.8 Å². The summed E-state index contributed by atoms with van der Waals surface area (Å²) in [6.07, 6.45) is 5.80. The van der Waals surface area contributed by atoms with Crippen LogP contribution in [0.3, 0.4) is 0 Å². The fraction of sp³-hybridized carbons (Fsp3) is 0.571. The molecule has 2 aromatic heterocycles. The summed E-state index contributed by atoms with van der Waals surface area (Å²) in [5, 5.41) is 0. The lowest BCUT2D eigenvalue weighted by atomic mass is 10.0. The number of aryl methyl sites for hydroxylation is 2. The van der Waals surface area contributed by atoms with Crippen molar-refractivity contribution in [3.8, 4) is 0 Å². The van der Waals surface area contributed by atoms with E-state index < -0.39 is 10.0 Å². The van der Waals surface area contributed by atoms with Crippen LogP contribution in [0.5, 0.6) is 0 Å². The fourth-order valence-corrected chi connectivity index (χ4v) is 4.24. The highest BCUT2D eigenvalue weighted by atomic mass is 32.2. The molecule has 0 amide bonds. The van der Waals surface area contributed by atoms with E-state index in [0.29, 0.717) is 6.54 Å². The zero-order chi connectivity index (χ0) is 15.2. The van der Waals surface area contributed by atoms with Crippen molar-refractivity contribution in [2.45, 2.75) is 39.2 Å². The number of piperidine rings is 1. The number of imidazole rings is 1.